The van der Waals surface area contributed by atoms with Gasteiger partial charge >= 0.3 is 0 Å². The molecule has 0 fully saturated rings. The van der Waals surface area contributed by atoms with Gasteiger partial charge in [-0.25, -0.2) is 0 Å². The Kier molecular flexibility index (Phi) is 10.2. The number of carboxylic acids is 1. The zero-order valence-corrected chi connectivity index (χ0v) is 6.50. The molecule has 0 rings (SSSR count). The molecule has 1 atom stereocenters. The van der Waals surface area contributed by atoms with E-state index in [1.54, 1.807) is 14.0 Å². The molecule has 0 aromatic rings. The third kappa shape index (κ3) is 26.3. The number of hydrogen-bond acceptors (Lipinski definition) is 3. The van der Waals surface area contributed by atoms with E-state index >= 15 is 0 Å². The molecule has 10 heavy (non-hydrogen) atoms. The molecule has 2 N–H and O–H groups in total. The molecular weight excluding hydrogens is 136 g/mol. The molecule has 0 spiro atoms. The van der Waals surface area contributed by atoms with E-state index in [1.807, 2.05) is 0 Å². The minimum absolute atomic E-state index is 0.00926. The number of ether oxygens (including phenoxy) is 1. The van der Waals surface area contributed by atoms with Crippen LogP contribution >= 0.6 is 0 Å². The highest BCUT2D eigenvalue weighted by atomic mass is 16.5. The summed E-state index contributed by atoms with van der Waals surface area (Å²) < 4.78 is 4.65. The van der Waals surface area contributed by atoms with Gasteiger partial charge in [-0.2, -0.15) is 0 Å². The van der Waals surface area contributed by atoms with Crippen molar-refractivity contribution < 1.29 is 19.7 Å². The van der Waals surface area contributed by atoms with Gasteiger partial charge in [-0.05, 0) is 6.92 Å². The molecule has 4 nitrogen and oxygen atoms in total. The maximum Gasteiger partial charge on any atom is 0.300 e. The number of aliphatic hydroxyl groups excluding tert-OH is 1. The van der Waals surface area contributed by atoms with Crippen LogP contribution < -0.4 is 0 Å². The molecule has 0 saturated carbocycles. The van der Waals surface area contributed by atoms with Crippen LogP contribution in [0.2, 0.25) is 0 Å². The summed E-state index contributed by atoms with van der Waals surface area (Å²) in [6.45, 7) is 3.00. The van der Waals surface area contributed by atoms with E-state index in [2.05, 4.69) is 4.74 Å². The van der Waals surface area contributed by atoms with Crippen LogP contribution in [0.25, 0.3) is 0 Å². The van der Waals surface area contributed by atoms with E-state index in [0.29, 0.717) is 0 Å². The lowest BCUT2D eigenvalue weighted by Crippen LogP contribution is -2.08. The Balaban J connectivity index is 0. The first kappa shape index (κ1) is 12.1. The SMILES string of the molecule is CC(=O)O.CO[C@H](C)CO. The second kappa shape index (κ2) is 8.39. The molecular formula is C6H14O4. The number of aliphatic hydroxyl groups is 1. The summed E-state index contributed by atoms with van der Waals surface area (Å²) in [4.78, 5) is 9.00. The highest BCUT2D eigenvalue weighted by Gasteiger charge is 1.90. The normalized spacial score (nSPS) is 11.2. The summed E-state index contributed by atoms with van der Waals surface area (Å²) in [7, 11) is 1.57. The average molecular weight is 150 g/mol. The number of hydrogen-bond donors (Lipinski definition) is 2. The van der Waals surface area contributed by atoms with Gasteiger partial charge in [-0.3, -0.25) is 4.79 Å². The highest BCUT2D eigenvalue weighted by Crippen LogP contribution is 1.80. The molecule has 62 valence electrons. The number of methoxy groups -OCH3 is 1. The van der Waals surface area contributed by atoms with Crippen molar-refractivity contribution >= 4 is 5.97 Å². The van der Waals surface area contributed by atoms with Crippen molar-refractivity contribution in [2.24, 2.45) is 0 Å². The Morgan fingerprint density at radius 1 is 1.70 bits per heavy atom. The van der Waals surface area contributed by atoms with Gasteiger partial charge in [0.1, 0.15) is 0 Å². The lowest BCUT2D eigenvalue weighted by Gasteiger charge is -2.00. The summed E-state index contributed by atoms with van der Waals surface area (Å²) in [5.41, 5.74) is 0. The molecule has 0 aliphatic heterocycles. The predicted octanol–water partition coefficient (Wildman–Crippen LogP) is 0.104. The molecule has 0 unspecified atom stereocenters. The third-order valence-electron chi connectivity index (χ3n) is 0.659. The quantitative estimate of drug-likeness (QED) is 0.586. The lowest BCUT2D eigenvalue weighted by molar-refractivity contribution is -0.134. The van der Waals surface area contributed by atoms with Crippen molar-refractivity contribution in [3.05, 3.63) is 0 Å². The fraction of sp³-hybridized carbons (Fsp3) is 0.833. The second-order valence-electron chi connectivity index (χ2n) is 1.75. The van der Waals surface area contributed by atoms with Crippen molar-refractivity contribution in [3.63, 3.8) is 0 Å². The van der Waals surface area contributed by atoms with Crippen molar-refractivity contribution in [1.82, 2.24) is 0 Å². The van der Waals surface area contributed by atoms with Gasteiger partial charge in [0, 0.05) is 14.0 Å². The summed E-state index contributed by atoms with van der Waals surface area (Å²) in [5, 5.41) is 15.6. The molecule has 0 radical (unpaired) electrons. The number of carboxylic acid groups (broad SMARTS) is 1. The van der Waals surface area contributed by atoms with Crippen LogP contribution in [0.1, 0.15) is 13.8 Å². The van der Waals surface area contributed by atoms with E-state index in [1.165, 1.54) is 0 Å². The summed E-state index contributed by atoms with van der Waals surface area (Å²) in [6.07, 6.45) is -0.00926. The Bertz CT molecular complexity index is 73.8. The lowest BCUT2D eigenvalue weighted by atomic mass is 10.4. The van der Waals surface area contributed by atoms with Crippen LogP contribution in [-0.2, 0) is 9.53 Å². The van der Waals surface area contributed by atoms with Crippen LogP contribution in [0.15, 0.2) is 0 Å². The minimum atomic E-state index is -0.833. The first-order valence-electron chi connectivity index (χ1n) is 2.87. The molecule has 0 saturated heterocycles. The van der Waals surface area contributed by atoms with Crippen LogP contribution in [0.5, 0.6) is 0 Å². The topological polar surface area (TPSA) is 66.8 Å². The van der Waals surface area contributed by atoms with E-state index in [0.717, 1.165) is 6.92 Å². The van der Waals surface area contributed by atoms with Crippen molar-refractivity contribution in [2.75, 3.05) is 13.7 Å². The first-order valence-corrected chi connectivity index (χ1v) is 2.87. The number of aliphatic carboxylic acids is 1. The van der Waals surface area contributed by atoms with Gasteiger partial charge in [0.25, 0.3) is 5.97 Å². The first-order chi connectivity index (χ1) is 4.54. The second-order valence-corrected chi connectivity index (χ2v) is 1.75. The van der Waals surface area contributed by atoms with Crippen molar-refractivity contribution in [2.45, 2.75) is 20.0 Å². The van der Waals surface area contributed by atoms with Gasteiger partial charge in [-0.1, -0.05) is 0 Å². The van der Waals surface area contributed by atoms with Gasteiger partial charge in [0.15, 0.2) is 0 Å². The van der Waals surface area contributed by atoms with E-state index < -0.39 is 5.97 Å². The van der Waals surface area contributed by atoms with Crippen LogP contribution in [0, 0.1) is 0 Å². The zero-order valence-electron chi connectivity index (χ0n) is 6.50. The molecule has 0 aromatic heterocycles. The van der Waals surface area contributed by atoms with Gasteiger partial charge in [-0.15, -0.1) is 0 Å². The van der Waals surface area contributed by atoms with Crippen molar-refractivity contribution in [1.29, 1.82) is 0 Å². The van der Waals surface area contributed by atoms with Gasteiger partial charge in [0.05, 0.1) is 12.7 Å². The fourth-order valence-corrected chi connectivity index (χ4v) is 0.0745. The monoisotopic (exact) mass is 150 g/mol. The number of carbonyl (C=O) groups is 1. The Morgan fingerprint density at radius 2 is 2.00 bits per heavy atom. The largest absolute Gasteiger partial charge is 0.481 e. The summed E-state index contributed by atoms with van der Waals surface area (Å²) in [6, 6.07) is 0. The smallest absolute Gasteiger partial charge is 0.300 e. The predicted molar refractivity (Wildman–Crippen MR) is 36.9 cm³/mol. The average Bonchev–Trinajstić information content (AvgIpc) is 1.85. The fourth-order valence-electron chi connectivity index (χ4n) is 0.0745. The zero-order chi connectivity index (χ0) is 8.57. The third-order valence-corrected chi connectivity index (χ3v) is 0.659. The molecule has 0 aromatic carbocycles. The number of rotatable bonds is 2. The molecule has 0 aliphatic carbocycles. The van der Waals surface area contributed by atoms with E-state index in [4.69, 9.17) is 15.0 Å². The Hall–Kier alpha value is -0.610. The molecule has 0 aliphatic rings. The summed E-state index contributed by atoms with van der Waals surface area (Å²) in [5.74, 6) is -0.833. The highest BCUT2D eigenvalue weighted by molar-refractivity contribution is 5.62. The van der Waals surface area contributed by atoms with Crippen molar-refractivity contribution in [3.8, 4) is 0 Å². The standard InChI is InChI=1S/C4H10O2.C2H4O2/c1-4(3-5)6-2;1-2(3)4/h4-5H,3H2,1-2H3;1H3,(H,3,4)/t4-;/m1./s1. The minimum Gasteiger partial charge on any atom is -0.481 e. The maximum absolute atomic E-state index is 9.00. The van der Waals surface area contributed by atoms with Gasteiger partial charge in [0.2, 0.25) is 0 Å². The van der Waals surface area contributed by atoms with Gasteiger partial charge < -0.3 is 14.9 Å². The van der Waals surface area contributed by atoms with E-state index in [9.17, 15) is 0 Å². The maximum atomic E-state index is 9.00. The molecule has 0 amide bonds. The summed E-state index contributed by atoms with van der Waals surface area (Å²) >= 11 is 0. The molecule has 4 heteroatoms. The van der Waals surface area contributed by atoms with E-state index in [-0.39, 0.29) is 12.7 Å². The molecule has 0 heterocycles. The van der Waals surface area contributed by atoms with Crippen LogP contribution in [0.3, 0.4) is 0 Å². The van der Waals surface area contributed by atoms with Crippen LogP contribution in [-0.4, -0.2) is 36.0 Å². The Morgan fingerprint density at radius 3 is 2.00 bits per heavy atom. The Labute approximate surface area is 60.4 Å². The molecule has 0 bridgehead atoms. The van der Waals surface area contributed by atoms with Crippen LogP contribution in [0.4, 0.5) is 0 Å².